The van der Waals surface area contributed by atoms with E-state index in [0.29, 0.717) is 12.1 Å². The van der Waals surface area contributed by atoms with Crippen LogP contribution in [-0.2, 0) is 4.74 Å². The number of rotatable bonds is 6. The quantitative estimate of drug-likeness (QED) is 0.695. The van der Waals surface area contributed by atoms with Crippen molar-refractivity contribution in [1.29, 1.82) is 0 Å². The van der Waals surface area contributed by atoms with Gasteiger partial charge < -0.3 is 15.0 Å². The molecule has 2 atom stereocenters. The second-order valence-corrected chi connectivity index (χ2v) is 3.95. The number of hydrogen-bond donors (Lipinski definition) is 1. The van der Waals surface area contributed by atoms with Crippen molar-refractivity contribution >= 4 is 0 Å². The first kappa shape index (κ1) is 12.0. The smallest absolute Gasteiger partial charge is 0.0700 e. The van der Waals surface area contributed by atoms with Gasteiger partial charge >= 0.3 is 0 Å². The lowest BCUT2D eigenvalue weighted by molar-refractivity contribution is 0.112. The first-order valence-electron chi connectivity index (χ1n) is 5.85. The van der Waals surface area contributed by atoms with Gasteiger partial charge in [0.2, 0.25) is 0 Å². The van der Waals surface area contributed by atoms with Gasteiger partial charge in [-0.15, -0.1) is 0 Å². The number of ether oxygens (including phenoxy) is 1. The molecule has 0 radical (unpaired) electrons. The average Bonchev–Trinajstić information content (AvgIpc) is 2.59. The topological polar surface area (TPSA) is 24.5 Å². The van der Waals surface area contributed by atoms with Gasteiger partial charge in [-0.1, -0.05) is 13.8 Å². The van der Waals surface area contributed by atoms with Crippen LogP contribution in [0, 0.1) is 0 Å². The van der Waals surface area contributed by atoms with Gasteiger partial charge in [0.15, 0.2) is 0 Å². The van der Waals surface area contributed by atoms with Crippen LogP contribution < -0.4 is 5.32 Å². The number of nitrogens with zero attached hydrogens (tertiary/aromatic N) is 1. The summed E-state index contributed by atoms with van der Waals surface area (Å²) in [6.45, 7) is 12.0. The summed E-state index contributed by atoms with van der Waals surface area (Å²) in [5, 5.41) is 3.56. The fraction of sp³-hybridized carbons (Fsp3) is 1.00. The maximum absolute atomic E-state index is 5.50. The second-order valence-electron chi connectivity index (χ2n) is 3.95. The first-order chi connectivity index (χ1) is 6.77. The molecule has 84 valence electrons. The van der Waals surface area contributed by atoms with Crippen LogP contribution in [0.15, 0.2) is 0 Å². The third-order valence-electron chi connectivity index (χ3n) is 3.11. The fourth-order valence-electron chi connectivity index (χ4n) is 1.95. The van der Waals surface area contributed by atoms with Gasteiger partial charge in [0.25, 0.3) is 0 Å². The highest BCUT2D eigenvalue weighted by molar-refractivity contribution is 4.79. The Hall–Kier alpha value is -0.120. The van der Waals surface area contributed by atoms with Crippen LogP contribution >= 0.6 is 0 Å². The molecule has 0 bridgehead atoms. The Morgan fingerprint density at radius 1 is 1.36 bits per heavy atom. The molecule has 3 nitrogen and oxygen atoms in total. The Bertz CT molecular complexity index is 148. The fourth-order valence-corrected chi connectivity index (χ4v) is 1.95. The number of likely N-dealkylation sites (N-methyl/N-ethyl adjacent to an activating group) is 1. The molecular formula is C11H24N2O. The lowest BCUT2D eigenvalue weighted by Crippen LogP contribution is -2.40. The molecule has 1 N–H and O–H groups in total. The van der Waals surface area contributed by atoms with Crippen LogP contribution in [0.25, 0.3) is 0 Å². The first-order valence-corrected chi connectivity index (χ1v) is 5.85. The van der Waals surface area contributed by atoms with E-state index in [4.69, 9.17) is 4.74 Å². The van der Waals surface area contributed by atoms with Gasteiger partial charge in [-0.25, -0.2) is 0 Å². The summed E-state index contributed by atoms with van der Waals surface area (Å²) in [6.07, 6.45) is 1.56. The Morgan fingerprint density at radius 3 is 2.57 bits per heavy atom. The Labute approximate surface area is 87.8 Å². The summed E-state index contributed by atoms with van der Waals surface area (Å²) in [5.41, 5.74) is 0. The standard InChI is InChI=1S/C11H24N2O/c1-4-13(5-2)8-7-12-11-6-9-14-10(11)3/h10-12H,4-9H2,1-3H3/t10-,11+/m1/s1. The van der Waals surface area contributed by atoms with E-state index < -0.39 is 0 Å². The monoisotopic (exact) mass is 200 g/mol. The van der Waals surface area contributed by atoms with Crippen molar-refractivity contribution in [2.45, 2.75) is 39.3 Å². The van der Waals surface area contributed by atoms with Crippen molar-refractivity contribution in [1.82, 2.24) is 10.2 Å². The molecule has 0 aromatic carbocycles. The van der Waals surface area contributed by atoms with E-state index in [1.165, 1.54) is 6.42 Å². The van der Waals surface area contributed by atoms with Gasteiger partial charge in [0, 0.05) is 25.7 Å². The molecule has 1 aliphatic rings. The van der Waals surface area contributed by atoms with Crippen LogP contribution in [-0.4, -0.2) is 49.8 Å². The van der Waals surface area contributed by atoms with Gasteiger partial charge in [-0.2, -0.15) is 0 Å². The number of hydrogen-bond acceptors (Lipinski definition) is 3. The molecule has 0 unspecified atom stereocenters. The zero-order chi connectivity index (χ0) is 10.4. The van der Waals surface area contributed by atoms with Crippen molar-refractivity contribution < 1.29 is 4.74 Å². The second kappa shape index (κ2) is 6.38. The molecule has 1 saturated heterocycles. The van der Waals surface area contributed by atoms with Crippen molar-refractivity contribution in [2.75, 3.05) is 32.8 Å². The van der Waals surface area contributed by atoms with E-state index in [-0.39, 0.29) is 0 Å². The van der Waals surface area contributed by atoms with Crippen LogP contribution in [0.5, 0.6) is 0 Å². The number of nitrogens with one attached hydrogen (secondary N) is 1. The molecule has 0 amide bonds. The molecule has 1 fully saturated rings. The zero-order valence-electron chi connectivity index (χ0n) is 9.75. The van der Waals surface area contributed by atoms with Crippen molar-refractivity contribution in [3.63, 3.8) is 0 Å². The van der Waals surface area contributed by atoms with Crippen LogP contribution in [0.1, 0.15) is 27.2 Å². The Morgan fingerprint density at radius 2 is 2.07 bits per heavy atom. The summed E-state index contributed by atoms with van der Waals surface area (Å²) in [7, 11) is 0. The maximum atomic E-state index is 5.50. The largest absolute Gasteiger partial charge is 0.377 e. The van der Waals surface area contributed by atoms with Gasteiger partial charge in [-0.3, -0.25) is 0 Å². The highest BCUT2D eigenvalue weighted by Crippen LogP contribution is 2.11. The van der Waals surface area contributed by atoms with Crippen molar-refractivity contribution in [2.24, 2.45) is 0 Å². The minimum Gasteiger partial charge on any atom is -0.377 e. The van der Waals surface area contributed by atoms with Crippen molar-refractivity contribution in [3.8, 4) is 0 Å². The summed E-state index contributed by atoms with van der Waals surface area (Å²) >= 11 is 0. The predicted molar refractivity (Wildman–Crippen MR) is 59.6 cm³/mol. The minimum absolute atomic E-state index is 0.395. The molecule has 1 aliphatic heterocycles. The van der Waals surface area contributed by atoms with Crippen LogP contribution in [0.4, 0.5) is 0 Å². The van der Waals surface area contributed by atoms with E-state index in [0.717, 1.165) is 32.8 Å². The van der Waals surface area contributed by atoms with E-state index in [9.17, 15) is 0 Å². The van der Waals surface area contributed by atoms with Gasteiger partial charge in [0.1, 0.15) is 0 Å². The molecule has 1 heterocycles. The zero-order valence-corrected chi connectivity index (χ0v) is 9.75. The Kier molecular flexibility index (Phi) is 5.45. The van der Waals surface area contributed by atoms with E-state index >= 15 is 0 Å². The van der Waals surface area contributed by atoms with E-state index in [1.54, 1.807) is 0 Å². The van der Waals surface area contributed by atoms with Gasteiger partial charge in [0.05, 0.1) is 6.10 Å². The molecule has 0 aromatic heterocycles. The Balaban J connectivity index is 2.08. The molecule has 0 aromatic rings. The molecule has 0 saturated carbocycles. The summed E-state index contributed by atoms with van der Waals surface area (Å²) < 4.78 is 5.50. The van der Waals surface area contributed by atoms with Gasteiger partial charge in [-0.05, 0) is 26.4 Å². The molecular weight excluding hydrogens is 176 g/mol. The lowest BCUT2D eigenvalue weighted by Gasteiger charge is -2.21. The summed E-state index contributed by atoms with van der Waals surface area (Å²) in [6, 6.07) is 0.575. The molecule has 14 heavy (non-hydrogen) atoms. The molecule has 3 heteroatoms. The van der Waals surface area contributed by atoms with Crippen molar-refractivity contribution in [3.05, 3.63) is 0 Å². The molecule has 1 rings (SSSR count). The highest BCUT2D eigenvalue weighted by Gasteiger charge is 2.22. The highest BCUT2D eigenvalue weighted by atomic mass is 16.5. The lowest BCUT2D eigenvalue weighted by atomic mass is 10.1. The molecule has 0 aliphatic carbocycles. The third-order valence-corrected chi connectivity index (χ3v) is 3.11. The molecule has 0 spiro atoms. The normalized spacial score (nSPS) is 27.4. The van der Waals surface area contributed by atoms with Crippen LogP contribution in [0.3, 0.4) is 0 Å². The average molecular weight is 200 g/mol. The summed E-state index contributed by atoms with van der Waals surface area (Å²) in [5.74, 6) is 0. The van der Waals surface area contributed by atoms with E-state index in [2.05, 4.69) is 31.0 Å². The summed E-state index contributed by atoms with van der Waals surface area (Å²) in [4.78, 5) is 2.44. The predicted octanol–water partition coefficient (Wildman–Crippen LogP) is 1.10. The van der Waals surface area contributed by atoms with Crippen LogP contribution in [0.2, 0.25) is 0 Å². The maximum Gasteiger partial charge on any atom is 0.0700 e. The third kappa shape index (κ3) is 3.56. The minimum atomic E-state index is 0.395. The SMILES string of the molecule is CCN(CC)CCN[C@H]1CCO[C@@H]1C. The van der Waals surface area contributed by atoms with E-state index in [1.807, 2.05) is 0 Å².